The first-order chi connectivity index (χ1) is 23.5. The molecule has 15 heteroatoms. The minimum Gasteiger partial charge on any atom is -0.443 e. The predicted octanol–water partition coefficient (Wildman–Crippen LogP) is 8.68. The van der Waals surface area contributed by atoms with Crippen LogP contribution in [-0.2, 0) is 14.3 Å². The molecule has 0 atom stereocenters. The normalized spacial score (nSPS) is 11.1. The smallest absolute Gasteiger partial charge is 0.421 e. The molecule has 0 saturated carbocycles. The van der Waals surface area contributed by atoms with Crippen LogP contribution in [0.3, 0.4) is 0 Å². The number of nitrogens with two attached hydrogens (primary N) is 2. The number of unbranched alkanes of at least 4 members (excludes halogenated alkanes) is 3. The van der Waals surface area contributed by atoms with Crippen LogP contribution in [-0.4, -0.2) is 48.4 Å². The zero-order valence-electron chi connectivity index (χ0n) is 29.6. The van der Waals surface area contributed by atoms with Crippen molar-refractivity contribution in [1.82, 2.24) is 19.1 Å². The van der Waals surface area contributed by atoms with E-state index in [0.29, 0.717) is 34.7 Å². The van der Waals surface area contributed by atoms with Gasteiger partial charge in [0, 0.05) is 33.8 Å². The second-order valence-electron chi connectivity index (χ2n) is 13.3. The summed E-state index contributed by atoms with van der Waals surface area (Å²) in [6.45, 7) is 12.8. The van der Waals surface area contributed by atoms with Gasteiger partial charge in [-0.2, -0.15) is 0 Å². The van der Waals surface area contributed by atoms with Gasteiger partial charge in [0.25, 0.3) is 0 Å². The molecule has 2 aromatic heterocycles. The van der Waals surface area contributed by atoms with Gasteiger partial charge in [0.2, 0.25) is 17.8 Å². The summed E-state index contributed by atoms with van der Waals surface area (Å²) in [5, 5.41) is 6.39. The second-order valence-corrected chi connectivity index (χ2v) is 13.3. The van der Waals surface area contributed by atoms with Crippen LogP contribution < -0.4 is 16.8 Å². The maximum absolute atomic E-state index is 12.5. The van der Waals surface area contributed by atoms with Crippen LogP contribution in [0.5, 0.6) is 0 Å². The molecule has 0 aliphatic rings. The number of imidazole rings is 2. The number of aromatic nitrogens is 4. The minimum absolute atomic E-state index is 0.00638. The molecule has 0 radical (unpaired) electrons. The van der Waals surface area contributed by atoms with E-state index in [1.54, 1.807) is 77.9 Å². The molecule has 0 spiro atoms. The van der Waals surface area contributed by atoms with E-state index in [2.05, 4.69) is 32.2 Å². The van der Waals surface area contributed by atoms with Crippen LogP contribution in [0.2, 0.25) is 0 Å². The van der Waals surface area contributed by atoms with Crippen LogP contribution in [0.25, 0.3) is 33.0 Å². The molecule has 50 heavy (non-hydrogen) atoms. The monoisotopic (exact) mass is 686 g/mol. The Kier molecular flexibility index (Phi) is 13.2. The van der Waals surface area contributed by atoms with E-state index in [1.807, 2.05) is 12.1 Å². The molecule has 266 valence electrons. The molecule has 4 rings (SSSR count). The number of carbonyl (C=O) groups excluding carboxylic acids is 3. The summed E-state index contributed by atoms with van der Waals surface area (Å²) < 4.78 is 13.2. The fourth-order valence-electron chi connectivity index (χ4n) is 4.55. The Bertz CT molecular complexity index is 1810. The van der Waals surface area contributed by atoms with Gasteiger partial charge in [-0.15, -0.1) is 0 Å². The number of amides is 1. The number of carbonyl (C=O) groups is 3. The molecule has 4 aromatic rings. The minimum atomic E-state index is -0.643. The molecular weight excluding hydrogens is 640 g/mol. The first-order valence-corrected chi connectivity index (χ1v) is 16.2. The standard InChI is InChI=1S/C21H30N4O3.C14H16N6O2/c1-5-6-7-8-9-18(26)24-16-12-10-15(11-13-16)17-14-23-19(22)25(17)20(27)28-21(2,3)4;1-14(2,3)22-13(21)20-11(8-17-12(20)15)9-4-6-10(7-5-9)18-19-16/h10-14H,5-9H2,1-4H3,(H2,22,23)(H,24,26);4-8H,1-3H3,(H2,15,17). The van der Waals surface area contributed by atoms with Gasteiger partial charge in [0.1, 0.15) is 11.2 Å². The first-order valence-electron chi connectivity index (χ1n) is 16.2. The maximum Gasteiger partial charge on any atom is 0.421 e. The molecule has 0 unspecified atom stereocenters. The molecule has 0 bridgehead atoms. The van der Waals surface area contributed by atoms with Gasteiger partial charge in [-0.05, 0) is 65.6 Å². The lowest BCUT2D eigenvalue weighted by atomic mass is 10.1. The SMILES string of the molecule is CC(C)(C)OC(=O)n1c(-c2ccc(N=[N+]=[N-])cc2)cnc1N.CCCCCCC(=O)Nc1ccc(-c2cnc(N)n2C(=O)OC(C)(C)C)cc1. The fourth-order valence-corrected chi connectivity index (χ4v) is 4.55. The molecule has 2 heterocycles. The number of nitrogen functional groups attached to an aromatic ring is 2. The molecule has 0 fully saturated rings. The van der Waals surface area contributed by atoms with Crippen molar-refractivity contribution in [2.24, 2.45) is 5.11 Å². The van der Waals surface area contributed by atoms with Gasteiger partial charge in [-0.25, -0.2) is 28.7 Å². The van der Waals surface area contributed by atoms with Gasteiger partial charge in [0.05, 0.1) is 23.8 Å². The maximum atomic E-state index is 12.5. The Morgan fingerprint density at radius 3 is 1.66 bits per heavy atom. The van der Waals surface area contributed by atoms with Crippen LogP contribution in [0, 0.1) is 0 Å². The van der Waals surface area contributed by atoms with Gasteiger partial charge >= 0.3 is 12.2 Å². The Hall–Kier alpha value is -5.82. The molecule has 1 amide bonds. The highest BCUT2D eigenvalue weighted by Gasteiger charge is 2.24. The van der Waals surface area contributed by atoms with Crippen molar-refractivity contribution < 1.29 is 23.9 Å². The lowest BCUT2D eigenvalue weighted by molar-refractivity contribution is -0.116. The number of benzene rings is 2. The quantitative estimate of drug-likeness (QED) is 0.0662. The number of hydrogen-bond acceptors (Lipinski definition) is 10. The Labute approximate surface area is 291 Å². The Morgan fingerprint density at radius 2 is 1.24 bits per heavy atom. The van der Waals surface area contributed by atoms with Crippen molar-refractivity contribution in [2.75, 3.05) is 16.8 Å². The van der Waals surface area contributed by atoms with Gasteiger partial charge in [0.15, 0.2) is 0 Å². The molecule has 0 aliphatic heterocycles. The molecule has 2 aromatic carbocycles. The molecule has 15 nitrogen and oxygen atoms in total. The molecule has 0 saturated heterocycles. The summed E-state index contributed by atoms with van der Waals surface area (Å²) >= 11 is 0. The number of hydrogen-bond donors (Lipinski definition) is 3. The van der Waals surface area contributed by atoms with Crippen molar-refractivity contribution in [3.8, 4) is 22.5 Å². The van der Waals surface area contributed by atoms with Crippen LogP contribution in [0.4, 0.5) is 32.9 Å². The zero-order chi connectivity index (χ0) is 37.1. The van der Waals surface area contributed by atoms with E-state index in [0.717, 1.165) is 31.2 Å². The van der Waals surface area contributed by atoms with E-state index in [-0.39, 0.29) is 17.8 Å². The third-order valence-electron chi connectivity index (χ3n) is 6.78. The van der Waals surface area contributed by atoms with Gasteiger partial charge in [-0.3, -0.25) is 4.79 Å². The Morgan fingerprint density at radius 1 is 0.780 bits per heavy atom. The number of azide groups is 1. The Balaban J connectivity index is 0.000000278. The molecule has 5 N–H and O–H groups in total. The second kappa shape index (κ2) is 17.0. The van der Waals surface area contributed by atoms with Crippen molar-refractivity contribution in [3.63, 3.8) is 0 Å². The van der Waals surface area contributed by atoms with E-state index < -0.39 is 23.4 Å². The third kappa shape index (κ3) is 11.4. The summed E-state index contributed by atoms with van der Waals surface area (Å²) in [5.74, 6) is 0.115. The predicted molar refractivity (Wildman–Crippen MR) is 194 cm³/mol. The first kappa shape index (κ1) is 38.6. The molecular formula is C35H46N10O5. The summed E-state index contributed by atoms with van der Waals surface area (Å²) in [6.07, 6.45) is 6.61. The van der Waals surface area contributed by atoms with Gasteiger partial charge < -0.3 is 26.3 Å². The highest BCUT2D eigenvalue weighted by molar-refractivity contribution is 5.91. The lowest BCUT2D eigenvalue weighted by Crippen LogP contribution is -2.28. The summed E-state index contributed by atoms with van der Waals surface area (Å²) in [5.41, 5.74) is 22.4. The largest absolute Gasteiger partial charge is 0.443 e. The van der Waals surface area contributed by atoms with Crippen molar-refractivity contribution >= 4 is 41.4 Å². The number of nitrogens with zero attached hydrogens (tertiary/aromatic N) is 7. The number of rotatable bonds is 9. The van der Waals surface area contributed by atoms with Gasteiger partial charge in [-0.1, -0.05) is 67.7 Å². The third-order valence-corrected chi connectivity index (χ3v) is 6.78. The van der Waals surface area contributed by atoms with E-state index >= 15 is 0 Å². The molecule has 0 aliphatic carbocycles. The lowest BCUT2D eigenvalue weighted by Gasteiger charge is -2.20. The fraction of sp³-hybridized carbons (Fsp3) is 0.400. The van der Waals surface area contributed by atoms with E-state index in [1.165, 1.54) is 21.5 Å². The number of nitrogens with one attached hydrogen (secondary N) is 1. The summed E-state index contributed by atoms with van der Waals surface area (Å²) in [4.78, 5) is 47.4. The van der Waals surface area contributed by atoms with Crippen LogP contribution in [0.1, 0.15) is 80.6 Å². The van der Waals surface area contributed by atoms with Crippen molar-refractivity contribution in [1.29, 1.82) is 0 Å². The average Bonchev–Trinajstić information content (AvgIpc) is 3.61. The highest BCUT2D eigenvalue weighted by Crippen LogP contribution is 2.27. The average molecular weight is 687 g/mol. The van der Waals surface area contributed by atoms with Crippen molar-refractivity contribution in [3.05, 3.63) is 71.4 Å². The van der Waals surface area contributed by atoms with E-state index in [9.17, 15) is 14.4 Å². The summed E-state index contributed by atoms with van der Waals surface area (Å²) in [6, 6.07) is 13.9. The number of anilines is 3. The number of ether oxygens (including phenoxy) is 2. The van der Waals surface area contributed by atoms with Crippen molar-refractivity contribution in [2.45, 2.75) is 91.8 Å². The topological polar surface area (TPSA) is 218 Å². The van der Waals surface area contributed by atoms with E-state index in [4.69, 9.17) is 26.5 Å². The highest BCUT2D eigenvalue weighted by atomic mass is 16.6. The van der Waals surface area contributed by atoms with Crippen LogP contribution in [0.15, 0.2) is 66.0 Å². The summed E-state index contributed by atoms with van der Waals surface area (Å²) in [7, 11) is 0. The zero-order valence-corrected chi connectivity index (χ0v) is 29.6. The van der Waals surface area contributed by atoms with Crippen LogP contribution >= 0.6 is 0 Å².